The Morgan fingerprint density at radius 1 is 1.48 bits per heavy atom. The van der Waals surface area contributed by atoms with Crippen LogP contribution >= 0.6 is 12.4 Å². The number of nitriles is 1. The predicted octanol–water partition coefficient (Wildman–Crippen LogP) is 0.971. The van der Waals surface area contributed by atoms with Crippen LogP contribution in [0.2, 0.25) is 0 Å². The Balaban J connectivity index is 0.00000220. The molecule has 0 aromatic heterocycles. The monoisotopic (exact) mass is 331 g/mol. The molecule has 1 saturated heterocycles. The molecular formula is C13H18ClN3O3S. The number of hydrogen-bond donors (Lipinski definition) is 1. The molecule has 0 spiro atoms. The molecule has 0 saturated carbocycles. The summed E-state index contributed by atoms with van der Waals surface area (Å²) in [6.07, 6.45) is 0. The third-order valence-corrected chi connectivity index (χ3v) is 5.15. The van der Waals surface area contributed by atoms with Crippen LogP contribution in [0.4, 0.5) is 0 Å². The molecule has 6 nitrogen and oxygen atoms in total. The topological polar surface area (TPSA) is 82.4 Å². The average molecular weight is 332 g/mol. The molecule has 1 atom stereocenters. The zero-order valence-corrected chi connectivity index (χ0v) is 13.5. The van der Waals surface area contributed by atoms with Crippen molar-refractivity contribution in [2.24, 2.45) is 0 Å². The summed E-state index contributed by atoms with van der Waals surface area (Å²) in [5.41, 5.74) is 0.370. The quantitative estimate of drug-likeness (QED) is 0.892. The van der Waals surface area contributed by atoms with Gasteiger partial charge in [-0.25, -0.2) is 8.42 Å². The van der Waals surface area contributed by atoms with Crippen LogP contribution in [0.1, 0.15) is 12.5 Å². The summed E-state index contributed by atoms with van der Waals surface area (Å²) in [5.74, 6) is 0.204. The highest BCUT2D eigenvalue weighted by Gasteiger charge is 2.30. The summed E-state index contributed by atoms with van der Waals surface area (Å²) in [6.45, 7) is 3.41. The van der Waals surface area contributed by atoms with E-state index >= 15 is 0 Å². The van der Waals surface area contributed by atoms with Gasteiger partial charge in [0.05, 0.1) is 18.7 Å². The zero-order chi connectivity index (χ0) is 14.8. The van der Waals surface area contributed by atoms with Gasteiger partial charge in [0, 0.05) is 25.7 Å². The highest BCUT2D eigenvalue weighted by molar-refractivity contribution is 7.89. The Morgan fingerprint density at radius 2 is 2.19 bits per heavy atom. The van der Waals surface area contributed by atoms with Crippen molar-refractivity contribution >= 4 is 22.4 Å². The summed E-state index contributed by atoms with van der Waals surface area (Å²) < 4.78 is 31.9. The smallest absolute Gasteiger partial charge is 0.246 e. The van der Waals surface area contributed by atoms with Crippen molar-refractivity contribution in [1.29, 1.82) is 5.26 Å². The van der Waals surface area contributed by atoms with Gasteiger partial charge in [-0.2, -0.15) is 9.57 Å². The fraction of sp³-hybridized carbons (Fsp3) is 0.462. The third kappa shape index (κ3) is 3.66. The molecule has 0 radical (unpaired) electrons. The normalized spacial score (nSPS) is 19.4. The van der Waals surface area contributed by atoms with Gasteiger partial charge >= 0.3 is 0 Å². The van der Waals surface area contributed by atoms with Crippen molar-refractivity contribution < 1.29 is 13.2 Å². The first-order valence-electron chi connectivity index (χ1n) is 6.30. The van der Waals surface area contributed by atoms with E-state index in [0.717, 1.165) is 0 Å². The van der Waals surface area contributed by atoms with Crippen LogP contribution in [0.15, 0.2) is 23.1 Å². The summed E-state index contributed by atoms with van der Waals surface area (Å²) >= 11 is 0. The van der Waals surface area contributed by atoms with Crippen LogP contribution in [-0.4, -0.2) is 45.5 Å². The minimum Gasteiger partial charge on any atom is -0.495 e. The van der Waals surface area contributed by atoms with Gasteiger partial charge < -0.3 is 10.1 Å². The maximum Gasteiger partial charge on any atom is 0.246 e. The van der Waals surface area contributed by atoms with Crippen LogP contribution in [0.5, 0.6) is 5.75 Å². The van der Waals surface area contributed by atoms with Crippen molar-refractivity contribution in [1.82, 2.24) is 9.62 Å². The average Bonchev–Trinajstić information content (AvgIpc) is 2.46. The van der Waals surface area contributed by atoms with Crippen molar-refractivity contribution in [2.75, 3.05) is 26.7 Å². The molecule has 1 aliphatic heterocycles. The maximum atomic E-state index is 12.6. The van der Waals surface area contributed by atoms with E-state index in [-0.39, 0.29) is 29.1 Å². The Kier molecular flexibility index (Phi) is 5.98. The van der Waals surface area contributed by atoms with Crippen molar-refractivity contribution in [2.45, 2.75) is 17.9 Å². The number of hydrogen-bond acceptors (Lipinski definition) is 5. The highest BCUT2D eigenvalue weighted by atomic mass is 35.5. The van der Waals surface area contributed by atoms with Gasteiger partial charge in [0.25, 0.3) is 0 Å². The summed E-state index contributed by atoms with van der Waals surface area (Å²) in [6, 6.07) is 6.44. The van der Waals surface area contributed by atoms with Crippen molar-refractivity contribution in [3.8, 4) is 11.8 Å². The minimum absolute atomic E-state index is 0. The Morgan fingerprint density at radius 3 is 2.76 bits per heavy atom. The second kappa shape index (κ2) is 7.09. The van der Waals surface area contributed by atoms with Crippen molar-refractivity contribution in [3.05, 3.63) is 23.8 Å². The molecule has 1 aliphatic rings. The van der Waals surface area contributed by atoms with E-state index in [2.05, 4.69) is 5.32 Å². The van der Waals surface area contributed by atoms with E-state index in [1.54, 1.807) is 0 Å². The molecule has 1 fully saturated rings. The summed E-state index contributed by atoms with van der Waals surface area (Å²) in [5, 5.41) is 12.1. The molecule has 21 heavy (non-hydrogen) atoms. The lowest BCUT2D eigenvalue weighted by molar-refractivity contribution is 0.308. The van der Waals surface area contributed by atoms with Crippen LogP contribution in [0, 0.1) is 11.3 Å². The van der Waals surface area contributed by atoms with Gasteiger partial charge in [0.2, 0.25) is 10.0 Å². The molecule has 1 heterocycles. The summed E-state index contributed by atoms with van der Waals surface area (Å²) in [4.78, 5) is 0.105. The molecule has 1 N–H and O–H groups in total. The van der Waals surface area contributed by atoms with Crippen LogP contribution in [0.3, 0.4) is 0 Å². The van der Waals surface area contributed by atoms with Crippen LogP contribution in [-0.2, 0) is 10.0 Å². The van der Waals surface area contributed by atoms with E-state index < -0.39 is 10.0 Å². The molecule has 0 amide bonds. The molecule has 1 aromatic rings. The minimum atomic E-state index is -3.60. The van der Waals surface area contributed by atoms with Gasteiger partial charge in [-0.05, 0) is 25.1 Å². The van der Waals surface area contributed by atoms with E-state index in [0.29, 0.717) is 25.2 Å². The predicted molar refractivity (Wildman–Crippen MR) is 81.2 cm³/mol. The van der Waals surface area contributed by atoms with Gasteiger partial charge in [0.15, 0.2) is 0 Å². The first-order chi connectivity index (χ1) is 9.48. The maximum absolute atomic E-state index is 12.6. The lowest BCUT2D eigenvalue weighted by Crippen LogP contribution is -2.51. The van der Waals surface area contributed by atoms with E-state index in [9.17, 15) is 8.42 Å². The lowest BCUT2D eigenvalue weighted by Gasteiger charge is -2.31. The Labute approximate surface area is 131 Å². The number of sulfonamides is 1. The number of methoxy groups -OCH3 is 1. The number of ether oxygens (including phenoxy) is 1. The van der Waals surface area contributed by atoms with E-state index in [4.69, 9.17) is 10.00 Å². The van der Waals surface area contributed by atoms with Gasteiger partial charge in [-0.1, -0.05) is 0 Å². The SMILES string of the molecule is COc1cc(C#N)ccc1S(=O)(=O)N1CCN[C@H](C)C1.Cl. The first kappa shape index (κ1) is 17.7. The van der Waals surface area contributed by atoms with E-state index in [1.165, 1.54) is 29.6 Å². The fourth-order valence-corrected chi connectivity index (χ4v) is 3.87. The summed E-state index contributed by atoms with van der Waals surface area (Å²) in [7, 11) is -2.21. The van der Waals surface area contributed by atoms with Gasteiger partial charge in [-0.3, -0.25) is 0 Å². The molecule has 2 rings (SSSR count). The number of rotatable bonds is 3. The van der Waals surface area contributed by atoms with E-state index in [1.807, 2.05) is 13.0 Å². The number of piperazine rings is 1. The Hall–Kier alpha value is -1.33. The second-order valence-corrected chi connectivity index (χ2v) is 6.60. The molecule has 1 aromatic carbocycles. The zero-order valence-electron chi connectivity index (χ0n) is 11.9. The van der Waals surface area contributed by atoms with Crippen molar-refractivity contribution in [3.63, 3.8) is 0 Å². The highest BCUT2D eigenvalue weighted by Crippen LogP contribution is 2.28. The molecule has 0 bridgehead atoms. The fourth-order valence-electron chi connectivity index (χ4n) is 2.20. The number of benzene rings is 1. The Bertz CT molecular complexity index is 643. The van der Waals surface area contributed by atoms with Crippen LogP contribution < -0.4 is 10.1 Å². The van der Waals surface area contributed by atoms with Gasteiger partial charge in [0.1, 0.15) is 10.6 Å². The molecule has 116 valence electrons. The molecule has 8 heteroatoms. The number of nitrogens with one attached hydrogen (secondary N) is 1. The number of nitrogens with zero attached hydrogens (tertiary/aromatic N) is 2. The van der Waals surface area contributed by atoms with Gasteiger partial charge in [-0.15, -0.1) is 12.4 Å². The first-order valence-corrected chi connectivity index (χ1v) is 7.74. The van der Waals surface area contributed by atoms with Crippen LogP contribution in [0.25, 0.3) is 0 Å². The largest absolute Gasteiger partial charge is 0.495 e. The molecule has 0 unspecified atom stereocenters. The number of halogens is 1. The molecule has 0 aliphatic carbocycles. The second-order valence-electron chi connectivity index (χ2n) is 4.70. The lowest BCUT2D eigenvalue weighted by atomic mass is 10.2. The standard InChI is InChI=1S/C13H17N3O3S.ClH/c1-10-9-16(6-5-15-10)20(17,18)13-4-3-11(8-14)7-12(13)19-2;/h3-4,7,10,15H,5-6,9H2,1-2H3;1H/t10-;/m1./s1. The molecular weight excluding hydrogens is 314 g/mol. The third-order valence-electron chi connectivity index (χ3n) is 3.24.